The van der Waals surface area contributed by atoms with Crippen LogP contribution in [0.4, 0.5) is 0 Å². The third-order valence-corrected chi connectivity index (χ3v) is 4.38. The average Bonchev–Trinajstić information content (AvgIpc) is 3.14. The number of Topliss-reactive ketones (excluding diaryl/α,β-unsaturated/α-hetero) is 1. The van der Waals surface area contributed by atoms with Gasteiger partial charge in [-0.1, -0.05) is 11.8 Å². The van der Waals surface area contributed by atoms with Crippen LogP contribution in [0.1, 0.15) is 36.8 Å². The Morgan fingerprint density at radius 1 is 0.923 bits per heavy atom. The summed E-state index contributed by atoms with van der Waals surface area (Å²) >= 11 is 1.43. The molecule has 0 unspecified atom stereocenters. The fourth-order valence-corrected chi connectivity index (χ4v) is 3.02. The standard InChI is InChI=1S/C20H10N4OS/c21-8-15-5-14(10-23-11-15)1-2-18-3-4-19(26-18)7-20(25)17-6-16(9-22)12-24-13-17/h3-6,10-13H,7H2. The molecule has 0 atom stereocenters. The van der Waals surface area contributed by atoms with Crippen molar-refractivity contribution in [1.29, 1.82) is 10.5 Å². The quantitative estimate of drug-likeness (QED) is 0.532. The van der Waals surface area contributed by atoms with Gasteiger partial charge < -0.3 is 0 Å². The lowest BCUT2D eigenvalue weighted by atomic mass is 10.1. The predicted molar refractivity (Wildman–Crippen MR) is 96.2 cm³/mol. The summed E-state index contributed by atoms with van der Waals surface area (Å²) in [7, 11) is 0. The number of thiophene rings is 1. The van der Waals surface area contributed by atoms with Crippen molar-refractivity contribution in [1.82, 2.24) is 9.97 Å². The Morgan fingerprint density at radius 3 is 2.38 bits per heavy atom. The van der Waals surface area contributed by atoms with Gasteiger partial charge in [-0.3, -0.25) is 14.8 Å². The summed E-state index contributed by atoms with van der Waals surface area (Å²) < 4.78 is 0. The molecule has 0 amide bonds. The molecule has 3 aromatic rings. The molecule has 3 aromatic heterocycles. The number of hydrogen-bond donors (Lipinski definition) is 0. The number of aromatic nitrogens is 2. The molecular weight excluding hydrogens is 344 g/mol. The van der Waals surface area contributed by atoms with Crippen LogP contribution in [0.3, 0.4) is 0 Å². The van der Waals surface area contributed by atoms with E-state index in [0.717, 1.165) is 9.75 Å². The molecule has 0 N–H and O–H groups in total. The average molecular weight is 354 g/mol. The van der Waals surface area contributed by atoms with Gasteiger partial charge in [0.05, 0.1) is 16.0 Å². The van der Waals surface area contributed by atoms with Crippen LogP contribution in [-0.2, 0) is 6.42 Å². The minimum Gasteiger partial charge on any atom is -0.294 e. The maximum absolute atomic E-state index is 12.3. The second-order valence-corrected chi connectivity index (χ2v) is 6.43. The lowest BCUT2D eigenvalue weighted by Gasteiger charge is -1.98. The molecule has 0 aliphatic carbocycles. The molecule has 26 heavy (non-hydrogen) atoms. The molecular formula is C20H10N4OS. The fourth-order valence-electron chi connectivity index (χ4n) is 2.16. The molecule has 0 radical (unpaired) electrons. The molecule has 0 saturated carbocycles. The molecule has 5 nitrogen and oxygen atoms in total. The van der Waals surface area contributed by atoms with Crippen molar-refractivity contribution in [3.63, 3.8) is 0 Å². The maximum Gasteiger partial charge on any atom is 0.169 e. The van der Waals surface area contributed by atoms with Crippen molar-refractivity contribution in [2.24, 2.45) is 0 Å². The van der Waals surface area contributed by atoms with Gasteiger partial charge in [0.25, 0.3) is 0 Å². The van der Waals surface area contributed by atoms with E-state index in [-0.39, 0.29) is 12.2 Å². The van der Waals surface area contributed by atoms with Gasteiger partial charge >= 0.3 is 0 Å². The summed E-state index contributed by atoms with van der Waals surface area (Å²) in [5.41, 5.74) is 1.91. The molecule has 6 heteroatoms. The molecule has 0 fully saturated rings. The van der Waals surface area contributed by atoms with Crippen LogP contribution < -0.4 is 0 Å². The number of carbonyl (C=O) groups excluding carboxylic acids is 1. The first kappa shape index (κ1) is 17.0. The smallest absolute Gasteiger partial charge is 0.169 e. The van der Waals surface area contributed by atoms with Crippen molar-refractivity contribution < 1.29 is 4.79 Å². The molecule has 0 saturated heterocycles. The number of hydrogen-bond acceptors (Lipinski definition) is 6. The molecule has 0 aliphatic rings. The lowest BCUT2D eigenvalue weighted by molar-refractivity contribution is 0.0993. The second kappa shape index (κ2) is 7.85. The highest BCUT2D eigenvalue weighted by Crippen LogP contribution is 2.18. The van der Waals surface area contributed by atoms with Gasteiger partial charge in [0, 0.05) is 47.2 Å². The molecule has 0 spiro atoms. The Morgan fingerprint density at radius 2 is 1.62 bits per heavy atom. The van der Waals surface area contributed by atoms with E-state index in [2.05, 4.69) is 21.8 Å². The van der Waals surface area contributed by atoms with Crippen LogP contribution >= 0.6 is 11.3 Å². The van der Waals surface area contributed by atoms with Gasteiger partial charge in [-0.05, 0) is 24.3 Å². The molecule has 0 aliphatic heterocycles. The minimum atomic E-state index is -0.0955. The minimum absolute atomic E-state index is 0.0955. The van der Waals surface area contributed by atoms with E-state index >= 15 is 0 Å². The predicted octanol–water partition coefficient (Wildman–Crippen LogP) is 3.11. The second-order valence-electron chi connectivity index (χ2n) is 5.26. The number of rotatable bonds is 3. The zero-order valence-corrected chi connectivity index (χ0v) is 14.2. The number of carbonyl (C=O) groups is 1. The van der Waals surface area contributed by atoms with Gasteiger partial charge in [-0.25, -0.2) is 0 Å². The number of pyridine rings is 2. The largest absolute Gasteiger partial charge is 0.294 e. The molecule has 122 valence electrons. The fraction of sp³-hybridized carbons (Fsp3) is 0.0500. The van der Waals surface area contributed by atoms with Crippen molar-refractivity contribution >= 4 is 17.1 Å². The van der Waals surface area contributed by atoms with Crippen LogP contribution in [-0.4, -0.2) is 15.8 Å². The molecule has 0 aromatic carbocycles. The van der Waals surface area contributed by atoms with Crippen LogP contribution in [0, 0.1) is 34.5 Å². The first-order valence-corrected chi connectivity index (χ1v) is 8.34. The molecule has 3 rings (SSSR count). The zero-order valence-electron chi connectivity index (χ0n) is 13.4. The first-order valence-electron chi connectivity index (χ1n) is 7.52. The third-order valence-electron chi connectivity index (χ3n) is 3.38. The third kappa shape index (κ3) is 4.19. The SMILES string of the molecule is N#Cc1cncc(C#Cc2ccc(CC(=O)c3cncc(C#N)c3)s2)c1. The highest BCUT2D eigenvalue weighted by atomic mass is 32.1. The van der Waals surface area contributed by atoms with Crippen molar-refractivity contribution in [2.75, 3.05) is 0 Å². The summed E-state index contributed by atoms with van der Waals surface area (Å²) in [6.45, 7) is 0. The lowest BCUT2D eigenvalue weighted by Crippen LogP contribution is -2.03. The van der Waals surface area contributed by atoms with Crippen molar-refractivity contribution in [3.8, 4) is 24.0 Å². The Hall–Kier alpha value is -3.79. The highest BCUT2D eigenvalue weighted by Gasteiger charge is 2.10. The van der Waals surface area contributed by atoms with Gasteiger partial charge in [-0.15, -0.1) is 11.3 Å². The van der Waals surface area contributed by atoms with E-state index in [0.29, 0.717) is 22.3 Å². The monoisotopic (exact) mass is 354 g/mol. The number of ketones is 1. The van der Waals surface area contributed by atoms with E-state index in [9.17, 15) is 4.79 Å². The summed E-state index contributed by atoms with van der Waals surface area (Å²) in [5, 5.41) is 17.8. The van der Waals surface area contributed by atoms with Gasteiger partial charge in [0.2, 0.25) is 0 Å². The number of nitriles is 2. The van der Waals surface area contributed by atoms with Crippen LogP contribution in [0.2, 0.25) is 0 Å². The van der Waals surface area contributed by atoms with E-state index in [1.165, 1.54) is 29.9 Å². The Balaban J connectivity index is 1.72. The topological polar surface area (TPSA) is 90.4 Å². The summed E-state index contributed by atoms with van der Waals surface area (Å²) in [6.07, 6.45) is 6.20. The van der Waals surface area contributed by atoms with Crippen molar-refractivity contribution in [3.05, 3.63) is 81.1 Å². The Bertz CT molecular complexity index is 1120. The zero-order chi connectivity index (χ0) is 18.4. The van der Waals surface area contributed by atoms with Gasteiger partial charge in [0.15, 0.2) is 5.78 Å². The van der Waals surface area contributed by atoms with Crippen LogP contribution in [0.5, 0.6) is 0 Å². The summed E-state index contributed by atoms with van der Waals surface area (Å²) in [5.74, 6) is 5.89. The maximum atomic E-state index is 12.3. The van der Waals surface area contributed by atoms with Gasteiger partial charge in [0.1, 0.15) is 12.1 Å². The van der Waals surface area contributed by atoms with Crippen molar-refractivity contribution in [2.45, 2.75) is 6.42 Å². The van der Waals surface area contributed by atoms with Crippen LogP contribution in [0.25, 0.3) is 0 Å². The highest BCUT2D eigenvalue weighted by molar-refractivity contribution is 7.12. The van der Waals surface area contributed by atoms with E-state index < -0.39 is 0 Å². The summed E-state index contributed by atoms with van der Waals surface area (Å²) in [6, 6.07) is 10.9. The van der Waals surface area contributed by atoms with Crippen LogP contribution in [0.15, 0.2) is 49.1 Å². The number of nitrogens with zero attached hydrogens (tertiary/aromatic N) is 4. The van der Waals surface area contributed by atoms with Gasteiger partial charge in [-0.2, -0.15) is 10.5 Å². The van der Waals surface area contributed by atoms with E-state index in [1.54, 1.807) is 18.3 Å². The molecule has 0 bridgehead atoms. The first-order chi connectivity index (χ1) is 12.7. The Kier molecular flexibility index (Phi) is 5.15. The normalized spacial score (nSPS) is 9.46. The Labute approximate surface area is 154 Å². The van der Waals surface area contributed by atoms with E-state index in [1.807, 2.05) is 24.3 Å². The summed E-state index contributed by atoms with van der Waals surface area (Å²) in [4.78, 5) is 21.9. The van der Waals surface area contributed by atoms with E-state index in [4.69, 9.17) is 10.5 Å². The molecule has 3 heterocycles.